The van der Waals surface area contributed by atoms with Crippen molar-refractivity contribution in [2.75, 3.05) is 5.73 Å². The van der Waals surface area contributed by atoms with E-state index in [-0.39, 0.29) is 11.5 Å². The van der Waals surface area contributed by atoms with Crippen LogP contribution in [0.4, 0.5) is 5.82 Å². The number of fused-ring (bicyclic) bond motifs is 1. The predicted octanol–water partition coefficient (Wildman–Crippen LogP) is 1.30. The molecule has 7 heteroatoms. The van der Waals surface area contributed by atoms with Crippen LogP contribution in [0.5, 0.6) is 0 Å². The SMILES string of the molecule is CCCCCn1nc(C(=O)O)c2c(N)ncnc21. The molecule has 2 aromatic rings. The van der Waals surface area contributed by atoms with Crippen LogP contribution in [0.25, 0.3) is 11.0 Å². The molecule has 7 nitrogen and oxygen atoms in total. The summed E-state index contributed by atoms with van der Waals surface area (Å²) in [6, 6.07) is 0. The Labute approximate surface area is 104 Å². The van der Waals surface area contributed by atoms with Gasteiger partial charge in [0.15, 0.2) is 11.3 Å². The monoisotopic (exact) mass is 249 g/mol. The molecule has 2 rings (SSSR count). The van der Waals surface area contributed by atoms with E-state index in [1.165, 1.54) is 6.33 Å². The fourth-order valence-corrected chi connectivity index (χ4v) is 1.85. The highest BCUT2D eigenvalue weighted by Gasteiger charge is 2.19. The van der Waals surface area contributed by atoms with Gasteiger partial charge in [-0.3, -0.25) is 0 Å². The van der Waals surface area contributed by atoms with E-state index >= 15 is 0 Å². The number of carboxylic acid groups (broad SMARTS) is 1. The van der Waals surface area contributed by atoms with Gasteiger partial charge in [0.1, 0.15) is 12.1 Å². The molecule has 0 aliphatic carbocycles. The van der Waals surface area contributed by atoms with E-state index in [9.17, 15) is 4.79 Å². The predicted molar refractivity (Wildman–Crippen MR) is 66.2 cm³/mol. The van der Waals surface area contributed by atoms with Gasteiger partial charge in [-0.1, -0.05) is 19.8 Å². The fraction of sp³-hybridized carbons (Fsp3) is 0.455. The average Bonchev–Trinajstić information content (AvgIpc) is 2.70. The molecule has 0 saturated heterocycles. The van der Waals surface area contributed by atoms with E-state index in [1.807, 2.05) is 0 Å². The maximum atomic E-state index is 11.1. The maximum absolute atomic E-state index is 11.1. The molecule has 0 aliphatic rings. The normalized spacial score (nSPS) is 10.9. The molecule has 0 aromatic carbocycles. The average molecular weight is 249 g/mol. The molecule has 0 saturated carbocycles. The Morgan fingerprint density at radius 1 is 1.44 bits per heavy atom. The third-order valence-electron chi connectivity index (χ3n) is 2.73. The summed E-state index contributed by atoms with van der Waals surface area (Å²) in [5.74, 6) is -0.963. The van der Waals surface area contributed by atoms with Crippen molar-refractivity contribution in [3.63, 3.8) is 0 Å². The van der Waals surface area contributed by atoms with E-state index in [4.69, 9.17) is 10.8 Å². The van der Waals surface area contributed by atoms with E-state index in [0.717, 1.165) is 19.3 Å². The number of aryl methyl sites for hydroxylation is 1. The van der Waals surface area contributed by atoms with E-state index in [2.05, 4.69) is 22.0 Å². The van der Waals surface area contributed by atoms with Crippen LogP contribution in [0.1, 0.15) is 36.7 Å². The van der Waals surface area contributed by atoms with Crippen molar-refractivity contribution in [3.8, 4) is 0 Å². The summed E-state index contributed by atoms with van der Waals surface area (Å²) in [5, 5.41) is 13.5. The van der Waals surface area contributed by atoms with Crippen molar-refractivity contribution in [2.24, 2.45) is 0 Å². The van der Waals surface area contributed by atoms with Crippen LogP contribution in [-0.2, 0) is 6.54 Å². The summed E-state index contributed by atoms with van der Waals surface area (Å²) in [6.07, 6.45) is 4.39. The molecule has 2 heterocycles. The van der Waals surface area contributed by atoms with E-state index < -0.39 is 5.97 Å². The molecule has 0 bridgehead atoms. The lowest BCUT2D eigenvalue weighted by Crippen LogP contribution is -2.03. The highest BCUT2D eigenvalue weighted by atomic mass is 16.4. The first kappa shape index (κ1) is 12.3. The Balaban J connectivity index is 2.48. The summed E-state index contributed by atoms with van der Waals surface area (Å²) in [5.41, 5.74) is 6.09. The van der Waals surface area contributed by atoms with Crippen molar-refractivity contribution >= 4 is 22.8 Å². The molecule has 96 valence electrons. The molecule has 18 heavy (non-hydrogen) atoms. The Morgan fingerprint density at radius 2 is 2.22 bits per heavy atom. The van der Waals surface area contributed by atoms with Crippen LogP contribution in [0.2, 0.25) is 0 Å². The van der Waals surface area contributed by atoms with Crippen molar-refractivity contribution in [1.29, 1.82) is 0 Å². The first-order valence-corrected chi connectivity index (χ1v) is 5.85. The van der Waals surface area contributed by atoms with Crippen LogP contribution in [0.3, 0.4) is 0 Å². The van der Waals surface area contributed by atoms with Crippen molar-refractivity contribution < 1.29 is 9.90 Å². The maximum Gasteiger partial charge on any atom is 0.357 e. The minimum Gasteiger partial charge on any atom is -0.476 e. The van der Waals surface area contributed by atoms with Gasteiger partial charge in [0.25, 0.3) is 0 Å². The first-order chi connectivity index (χ1) is 8.65. The van der Waals surface area contributed by atoms with Crippen LogP contribution < -0.4 is 5.73 Å². The Kier molecular flexibility index (Phi) is 3.40. The van der Waals surface area contributed by atoms with Crippen molar-refractivity contribution in [2.45, 2.75) is 32.7 Å². The summed E-state index contributed by atoms with van der Waals surface area (Å²) in [7, 11) is 0. The Bertz CT molecular complexity index is 578. The van der Waals surface area contributed by atoms with E-state index in [0.29, 0.717) is 17.6 Å². The number of anilines is 1. The number of nitrogens with two attached hydrogens (primary N) is 1. The molecule has 3 N–H and O–H groups in total. The summed E-state index contributed by atoms with van der Waals surface area (Å²) in [4.78, 5) is 19.0. The third kappa shape index (κ3) is 2.11. The minimum absolute atomic E-state index is 0.0837. The number of carboxylic acids is 1. The van der Waals surface area contributed by atoms with Gasteiger partial charge in [-0.25, -0.2) is 19.4 Å². The number of aromatic nitrogens is 4. The van der Waals surface area contributed by atoms with Gasteiger partial charge in [0.2, 0.25) is 0 Å². The molecule has 0 atom stereocenters. The summed E-state index contributed by atoms with van der Waals surface area (Å²) < 4.78 is 1.59. The van der Waals surface area contributed by atoms with Crippen LogP contribution in [0.15, 0.2) is 6.33 Å². The van der Waals surface area contributed by atoms with Crippen molar-refractivity contribution in [3.05, 3.63) is 12.0 Å². The van der Waals surface area contributed by atoms with Gasteiger partial charge in [-0.2, -0.15) is 5.10 Å². The quantitative estimate of drug-likeness (QED) is 0.773. The van der Waals surface area contributed by atoms with Crippen LogP contribution >= 0.6 is 0 Å². The largest absolute Gasteiger partial charge is 0.476 e. The van der Waals surface area contributed by atoms with Gasteiger partial charge >= 0.3 is 5.97 Å². The minimum atomic E-state index is -1.12. The lowest BCUT2D eigenvalue weighted by atomic mass is 10.2. The van der Waals surface area contributed by atoms with Gasteiger partial charge < -0.3 is 10.8 Å². The zero-order valence-electron chi connectivity index (χ0n) is 10.1. The van der Waals surface area contributed by atoms with E-state index in [1.54, 1.807) is 4.68 Å². The highest BCUT2D eigenvalue weighted by Crippen LogP contribution is 2.21. The second-order valence-electron chi connectivity index (χ2n) is 4.04. The summed E-state index contributed by atoms with van der Waals surface area (Å²) in [6.45, 7) is 2.73. The zero-order valence-corrected chi connectivity index (χ0v) is 10.1. The lowest BCUT2D eigenvalue weighted by molar-refractivity contribution is 0.0691. The molecule has 0 fully saturated rings. The number of hydrogen-bond donors (Lipinski definition) is 2. The topological polar surface area (TPSA) is 107 Å². The Morgan fingerprint density at radius 3 is 2.89 bits per heavy atom. The van der Waals surface area contributed by atoms with Crippen LogP contribution in [0, 0.1) is 0 Å². The third-order valence-corrected chi connectivity index (χ3v) is 2.73. The smallest absolute Gasteiger partial charge is 0.357 e. The van der Waals surface area contributed by atoms with Crippen LogP contribution in [-0.4, -0.2) is 30.8 Å². The van der Waals surface area contributed by atoms with Gasteiger partial charge in [0, 0.05) is 6.54 Å². The molecule has 0 amide bonds. The standard InChI is InChI=1S/C11H15N5O2/c1-2-3-4-5-16-10-7(8(15-16)11(17)18)9(12)13-6-14-10/h6H,2-5H2,1H3,(H,17,18)(H2,12,13,14). The fourth-order valence-electron chi connectivity index (χ4n) is 1.85. The number of hydrogen-bond acceptors (Lipinski definition) is 5. The molecular weight excluding hydrogens is 234 g/mol. The number of carbonyl (C=O) groups is 1. The molecule has 0 spiro atoms. The highest BCUT2D eigenvalue weighted by molar-refractivity contribution is 6.04. The van der Waals surface area contributed by atoms with Gasteiger partial charge in [0.05, 0.1) is 5.39 Å². The molecular formula is C11H15N5O2. The van der Waals surface area contributed by atoms with Gasteiger partial charge in [-0.15, -0.1) is 0 Å². The number of unbranched alkanes of at least 4 members (excludes halogenated alkanes) is 2. The molecule has 2 aromatic heterocycles. The molecule has 0 aliphatic heterocycles. The number of nitrogen functional groups attached to an aromatic ring is 1. The summed E-state index contributed by atoms with van der Waals surface area (Å²) >= 11 is 0. The van der Waals surface area contributed by atoms with Gasteiger partial charge in [-0.05, 0) is 6.42 Å². The van der Waals surface area contributed by atoms with Crippen molar-refractivity contribution in [1.82, 2.24) is 19.7 Å². The zero-order chi connectivity index (χ0) is 13.1. The number of rotatable bonds is 5. The lowest BCUT2D eigenvalue weighted by Gasteiger charge is -2.01. The Hall–Kier alpha value is -2.18. The number of nitrogens with zero attached hydrogens (tertiary/aromatic N) is 4. The first-order valence-electron chi connectivity index (χ1n) is 5.85. The number of aromatic carboxylic acids is 1. The second-order valence-corrected chi connectivity index (χ2v) is 4.04. The molecule has 0 radical (unpaired) electrons. The molecule has 0 unspecified atom stereocenters. The second kappa shape index (κ2) is 4.99.